The Balaban J connectivity index is 1.80. The molecule has 1 aromatic rings. The van der Waals surface area contributed by atoms with Crippen LogP contribution < -0.4 is 15.5 Å². The Hall–Kier alpha value is -2.24. The molecule has 1 aromatic carbocycles. The number of carbonyl (C=O) groups is 1. The third-order valence-electron chi connectivity index (χ3n) is 5.26. The molecule has 1 aliphatic rings. The molecular formula is C20H33N5O. The van der Waals surface area contributed by atoms with Crippen LogP contribution in [0.4, 0.5) is 5.69 Å². The predicted octanol–water partition coefficient (Wildman–Crippen LogP) is 1.93. The van der Waals surface area contributed by atoms with Gasteiger partial charge in [0.05, 0.1) is 0 Å². The number of hydrogen-bond acceptors (Lipinski definition) is 3. The van der Waals surface area contributed by atoms with Gasteiger partial charge in [-0.25, -0.2) is 0 Å². The Labute approximate surface area is 157 Å². The molecule has 0 aromatic heterocycles. The maximum atomic E-state index is 11.5. The molecule has 1 aliphatic heterocycles. The maximum Gasteiger partial charge on any atom is 0.220 e. The first-order valence-electron chi connectivity index (χ1n) is 9.49. The SMILES string of the molecule is CN=C(NCC(C)N(C)c1ccccc1)N1CCC(CC(=O)NC)CC1. The molecule has 2 rings (SSSR count). The van der Waals surface area contributed by atoms with Gasteiger partial charge in [-0.3, -0.25) is 9.79 Å². The van der Waals surface area contributed by atoms with E-state index in [2.05, 4.69) is 63.7 Å². The lowest BCUT2D eigenvalue weighted by Gasteiger charge is -2.35. The standard InChI is InChI=1S/C20H33N5O/c1-16(24(4)18-8-6-5-7-9-18)15-23-20(22-3)25-12-10-17(11-13-25)14-19(26)21-2/h5-9,16-17H,10-15H2,1-4H3,(H,21,26)(H,22,23). The van der Waals surface area contributed by atoms with Gasteiger partial charge in [0, 0.05) is 58.9 Å². The van der Waals surface area contributed by atoms with Crippen molar-refractivity contribution in [1.82, 2.24) is 15.5 Å². The Morgan fingerprint density at radius 2 is 1.96 bits per heavy atom. The summed E-state index contributed by atoms with van der Waals surface area (Å²) in [6.45, 7) is 4.94. The van der Waals surface area contributed by atoms with Gasteiger partial charge in [0.1, 0.15) is 0 Å². The number of para-hydroxylation sites is 1. The summed E-state index contributed by atoms with van der Waals surface area (Å²) in [5.41, 5.74) is 1.21. The van der Waals surface area contributed by atoms with Crippen LogP contribution >= 0.6 is 0 Å². The first-order valence-corrected chi connectivity index (χ1v) is 9.49. The van der Waals surface area contributed by atoms with Crippen LogP contribution in [0.5, 0.6) is 0 Å². The van der Waals surface area contributed by atoms with E-state index in [9.17, 15) is 4.79 Å². The Bertz CT molecular complexity index is 581. The smallest absolute Gasteiger partial charge is 0.220 e. The van der Waals surface area contributed by atoms with E-state index >= 15 is 0 Å². The van der Waals surface area contributed by atoms with Crippen LogP contribution in [0.2, 0.25) is 0 Å². The van der Waals surface area contributed by atoms with E-state index in [1.54, 1.807) is 7.05 Å². The quantitative estimate of drug-likeness (QED) is 0.602. The minimum atomic E-state index is 0.142. The second-order valence-electron chi connectivity index (χ2n) is 7.03. The number of nitrogens with one attached hydrogen (secondary N) is 2. The van der Waals surface area contributed by atoms with Gasteiger partial charge in [0.25, 0.3) is 0 Å². The Morgan fingerprint density at radius 1 is 1.31 bits per heavy atom. The van der Waals surface area contributed by atoms with Crippen molar-refractivity contribution < 1.29 is 4.79 Å². The lowest BCUT2D eigenvalue weighted by molar-refractivity contribution is -0.121. The van der Waals surface area contributed by atoms with Crippen LogP contribution in [0, 0.1) is 5.92 Å². The molecule has 1 saturated heterocycles. The first kappa shape index (κ1) is 20.1. The number of nitrogens with zero attached hydrogens (tertiary/aromatic N) is 3. The third-order valence-corrected chi connectivity index (χ3v) is 5.26. The topological polar surface area (TPSA) is 60.0 Å². The average Bonchev–Trinajstić information content (AvgIpc) is 2.69. The molecule has 1 atom stereocenters. The second kappa shape index (κ2) is 10.0. The highest BCUT2D eigenvalue weighted by atomic mass is 16.1. The summed E-state index contributed by atoms with van der Waals surface area (Å²) in [7, 11) is 5.66. The summed E-state index contributed by atoms with van der Waals surface area (Å²) < 4.78 is 0. The van der Waals surface area contributed by atoms with E-state index in [4.69, 9.17) is 0 Å². The summed E-state index contributed by atoms with van der Waals surface area (Å²) >= 11 is 0. The Kier molecular flexibility index (Phi) is 7.75. The van der Waals surface area contributed by atoms with Crippen molar-refractivity contribution in [2.75, 3.05) is 45.7 Å². The number of likely N-dealkylation sites (N-methyl/N-ethyl adjacent to an activating group) is 1. The summed E-state index contributed by atoms with van der Waals surface area (Å²) in [4.78, 5) is 20.6. The van der Waals surface area contributed by atoms with Gasteiger partial charge in [-0.1, -0.05) is 18.2 Å². The van der Waals surface area contributed by atoms with E-state index in [-0.39, 0.29) is 5.91 Å². The van der Waals surface area contributed by atoms with Crippen molar-refractivity contribution in [1.29, 1.82) is 0 Å². The zero-order valence-corrected chi connectivity index (χ0v) is 16.5. The maximum absolute atomic E-state index is 11.5. The molecule has 0 bridgehead atoms. The van der Waals surface area contributed by atoms with Crippen molar-refractivity contribution >= 4 is 17.6 Å². The molecule has 26 heavy (non-hydrogen) atoms. The number of aliphatic imine (C=N–C) groups is 1. The fraction of sp³-hybridized carbons (Fsp3) is 0.600. The lowest BCUT2D eigenvalue weighted by Crippen LogP contribution is -2.49. The number of rotatable bonds is 6. The number of guanidine groups is 1. The van der Waals surface area contributed by atoms with E-state index in [1.807, 2.05) is 13.1 Å². The number of hydrogen-bond donors (Lipinski definition) is 2. The second-order valence-corrected chi connectivity index (χ2v) is 7.03. The number of piperidine rings is 1. The van der Waals surface area contributed by atoms with E-state index in [0.29, 0.717) is 18.4 Å². The molecule has 144 valence electrons. The Morgan fingerprint density at radius 3 is 2.54 bits per heavy atom. The predicted molar refractivity (Wildman–Crippen MR) is 109 cm³/mol. The molecule has 1 fully saturated rings. The van der Waals surface area contributed by atoms with Gasteiger partial charge in [-0.15, -0.1) is 0 Å². The van der Waals surface area contributed by atoms with Crippen LogP contribution in [0.15, 0.2) is 35.3 Å². The minimum absolute atomic E-state index is 0.142. The van der Waals surface area contributed by atoms with Gasteiger partial charge in [0.15, 0.2) is 5.96 Å². The molecule has 6 heteroatoms. The van der Waals surface area contributed by atoms with Crippen LogP contribution in [-0.2, 0) is 4.79 Å². The monoisotopic (exact) mass is 359 g/mol. The molecule has 2 N–H and O–H groups in total. The highest BCUT2D eigenvalue weighted by Crippen LogP contribution is 2.20. The van der Waals surface area contributed by atoms with Gasteiger partial charge in [-0.05, 0) is 37.8 Å². The molecular weight excluding hydrogens is 326 g/mol. The van der Waals surface area contributed by atoms with Crippen molar-refractivity contribution in [3.8, 4) is 0 Å². The normalized spacial score (nSPS) is 16.9. The van der Waals surface area contributed by atoms with Crippen molar-refractivity contribution in [2.24, 2.45) is 10.9 Å². The van der Waals surface area contributed by atoms with Crippen molar-refractivity contribution in [2.45, 2.75) is 32.2 Å². The molecule has 0 spiro atoms. The third kappa shape index (κ3) is 5.64. The van der Waals surface area contributed by atoms with Gasteiger partial charge < -0.3 is 20.4 Å². The van der Waals surface area contributed by atoms with Gasteiger partial charge >= 0.3 is 0 Å². The fourth-order valence-electron chi connectivity index (χ4n) is 3.34. The summed E-state index contributed by atoms with van der Waals surface area (Å²) in [5.74, 6) is 1.58. The van der Waals surface area contributed by atoms with Gasteiger partial charge in [0.2, 0.25) is 5.91 Å². The molecule has 1 unspecified atom stereocenters. The molecule has 1 heterocycles. The summed E-state index contributed by atoms with van der Waals surface area (Å²) in [5, 5.41) is 6.23. The summed E-state index contributed by atoms with van der Waals surface area (Å²) in [6, 6.07) is 10.8. The van der Waals surface area contributed by atoms with E-state index < -0.39 is 0 Å². The van der Waals surface area contributed by atoms with E-state index in [0.717, 1.165) is 38.4 Å². The largest absolute Gasteiger partial charge is 0.370 e. The number of benzene rings is 1. The summed E-state index contributed by atoms with van der Waals surface area (Å²) in [6.07, 6.45) is 2.70. The zero-order valence-electron chi connectivity index (χ0n) is 16.5. The van der Waals surface area contributed by atoms with Crippen molar-refractivity contribution in [3.05, 3.63) is 30.3 Å². The van der Waals surface area contributed by atoms with Crippen LogP contribution in [0.3, 0.4) is 0 Å². The average molecular weight is 360 g/mol. The number of anilines is 1. The molecule has 1 amide bonds. The molecule has 0 saturated carbocycles. The molecule has 6 nitrogen and oxygen atoms in total. The van der Waals surface area contributed by atoms with Gasteiger partial charge in [-0.2, -0.15) is 0 Å². The fourth-order valence-corrected chi connectivity index (χ4v) is 3.34. The minimum Gasteiger partial charge on any atom is -0.370 e. The number of likely N-dealkylation sites (tertiary alicyclic amines) is 1. The van der Waals surface area contributed by atoms with Crippen molar-refractivity contribution in [3.63, 3.8) is 0 Å². The first-order chi connectivity index (χ1) is 12.5. The highest BCUT2D eigenvalue weighted by molar-refractivity contribution is 5.80. The van der Waals surface area contributed by atoms with Crippen LogP contribution in [0.25, 0.3) is 0 Å². The van der Waals surface area contributed by atoms with Crippen LogP contribution in [0.1, 0.15) is 26.2 Å². The van der Waals surface area contributed by atoms with Crippen LogP contribution in [-0.4, -0.2) is 63.6 Å². The highest BCUT2D eigenvalue weighted by Gasteiger charge is 2.23. The lowest BCUT2D eigenvalue weighted by atomic mass is 9.93. The molecule has 0 radical (unpaired) electrons. The molecule has 0 aliphatic carbocycles. The number of carbonyl (C=O) groups excluding carboxylic acids is 1. The van der Waals surface area contributed by atoms with E-state index in [1.165, 1.54) is 5.69 Å². The zero-order chi connectivity index (χ0) is 18.9. The number of amides is 1.